The maximum Gasteiger partial charge on any atom is 0.289 e. The van der Waals surface area contributed by atoms with Crippen LogP contribution in [0.25, 0.3) is 6.08 Å². The van der Waals surface area contributed by atoms with Crippen molar-refractivity contribution in [3.8, 4) is 0 Å². The molecule has 0 saturated carbocycles. The van der Waals surface area contributed by atoms with Gasteiger partial charge >= 0.3 is 0 Å². The first-order chi connectivity index (χ1) is 10.5. The molecule has 5 nitrogen and oxygen atoms in total. The number of nitro groups is 1. The number of hydrogen-bond acceptors (Lipinski definition) is 3. The lowest BCUT2D eigenvalue weighted by Gasteiger charge is -2.03. The van der Waals surface area contributed by atoms with Gasteiger partial charge in [0.25, 0.3) is 5.69 Å². The highest BCUT2D eigenvalue weighted by atomic mass is 35.5. The van der Waals surface area contributed by atoms with E-state index in [2.05, 4.69) is 5.32 Å². The molecule has 2 aromatic rings. The standard InChI is InChI=1S/C15H10ClFN2O3/c16-13-7-6-12(9-14(13)19(21)22)18-15(20)8-3-10-1-4-11(17)5-2-10/h1-9H,(H,18,20)/b8-3+. The molecule has 0 saturated heterocycles. The van der Waals surface area contributed by atoms with Crippen molar-refractivity contribution in [2.75, 3.05) is 5.32 Å². The zero-order valence-corrected chi connectivity index (χ0v) is 11.9. The fourth-order valence-corrected chi connectivity index (χ4v) is 1.85. The van der Waals surface area contributed by atoms with Gasteiger partial charge < -0.3 is 5.32 Å². The van der Waals surface area contributed by atoms with Crippen LogP contribution in [0, 0.1) is 15.9 Å². The van der Waals surface area contributed by atoms with Gasteiger partial charge in [-0.25, -0.2) is 4.39 Å². The Balaban J connectivity index is 2.07. The zero-order chi connectivity index (χ0) is 16.1. The van der Waals surface area contributed by atoms with Crippen LogP contribution in [0.4, 0.5) is 15.8 Å². The molecule has 0 spiro atoms. The molecule has 22 heavy (non-hydrogen) atoms. The van der Waals surface area contributed by atoms with E-state index < -0.39 is 10.8 Å². The Morgan fingerprint density at radius 3 is 2.55 bits per heavy atom. The monoisotopic (exact) mass is 320 g/mol. The number of carbonyl (C=O) groups is 1. The van der Waals surface area contributed by atoms with Crippen molar-refractivity contribution >= 4 is 35.0 Å². The van der Waals surface area contributed by atoms with Crippen molar-refractivity contribution in [3.63, 3.8) is 0 Å². The molecule has 0 heterocycles. The van der Waals surface area contributed by atoms with E-state index in [4.69, 9.17) is 11.6 Å². The third-order valence-electron chi connectivity index (χ3n) is 2.71. The highest BCUT2D eigenvalue weighted by Gasteiger charge is 2.13. The minimum absolute atomic E-state index is 0.00940. The summed E-state index contributed by atoms with van der Waals surface area (Å²) < 4.78 is 12.7. The minimum Gasteiger partial charge on any atom is -0.322 e. The Bertz CT molecular complexity index is 745. The van der Waals surface area contributed by atoms with Gasteiger partial charge in [0.05, 0.1) is 4.92 Å². The second-order valence-electron chi connectivity index (χ2n) is 4.30. The molecule has 0 aromatic heterocycles. The normalized spacial score (nSPS) is 10.6. The van der Waals surface area contributed by atoms with E-state index in [9.17, 15) is 19.3 Å². The van der Waals surface area contributed by atoms with Crippen LogP contribution in [-0.4, -0.2) is 10.8 Å². The third-order valence-corrected chi connectivity index (χ3v) is 3.03. The Morgan fingerprint density at radius 1 is 1.23 bits per heavy atom. The maximum absolute atomic E-state index is 12.7. The van der Waals surface area contributed by atoms with Crippen molar-refractivity contribution in [3.05, 3.63) is 75.1 Å². The molecule has 0 bridgehead atoms. The van der Waals surface area contributed by atoms with Crippen molar-refractivity contribution in [2.45, 2.75) is 0 Å². The van der Waals surface area contributed by atoms with Gasteiger partial charge in [-0.2, -0.15) is 0 Å². The first-order valence-electron chi connectivity index (χ1n) is 6.14. The molecule has 0 fully saturated rings. The maximum atomic E-state index is 12.7. The zero-order valence-electron chi connectivity index (χ0n) is 11.1. The van der Waals surface area contributed by atoms with E-state index in [1.807, 2.05) is 0 Å². The number of nitro benzene ring substituents is 1. The summed E-state index contributed by atoms with van der Waals surface area (Å²) in [6.07, 6.45) is 2.74. The number of carbonyl (C=O) groups excluding carboxylic acids is 1. The van der Waals surface area contributed by atoms with Crippen molar-refractivity contribution in [1.29, 1.82) is 0 Å². The topological polar surface area (TPSA) is 72.2 Å². The van der Waals surface area contributed by atoms with Gasteiger partial charge in [0.1, 0.15) is 10.8 Å². The number of anilines is 1. The van der Waals surface area contributed by atoms with Gasteiger partial charge in [0, 0.05) is 17.8 Å². The lowest BCUT2D eigenvalue weighted by atomic mass is 10.2. The molecule has 0 radical (unpaired) electrons. The molecule has 1 N–H and O–H groups in total. The number of benzene rings is 2. The smallest absolute Gasteiger partial charge is 0.289 e. The largest absolute Gasteiger partial charge is 0.322 e. The molecule has 112 valence electrons. The number of halogens is 2. The molecule has 0 atom stereocenters. The molecule has 0 aliphatic carbocycles. The van der Waals surface area contributed by atoms with Crippen LogP contribution < -0.4 is 5.32 Å². The lowest BCUT2D eigenvalue weighted by Crippen LogP contribution is -2.08. The third kappa shape index (κ3) is 4.13. The Hall–Kier alpha value is -2.73. The first-order valence-corrected chi connectivity index (χ1v) is 6.52. The van der Waals surface area contributed by atoms with Crippen LogP contribution in [0.15, 0.2) is 48.5 Å². The van der Waals surface area contributed by atoms with Gasteiger partial charge in [0.2, 0.25) is 5.91 Å². The summed E-state index contributed by atoms with van der Waals surface area (Å²) in [5, 5.41) is 13.2. The van der Waals surface area contributed by atoms with Gasteiger partial charge in [-0.05, 0) is 35.9 Å². The molecular formula is C15H10ClFN2O3. The van der Waals surface area contributed by atoms with Crippen LogP contribution in [-0.2, 0) is 4.79 Å². The van der Waals surface area contributed by atoms with Gasteiger partial charge in [0.15, 0.2) is 0 Å². The fourth-order valence-electron chi connectivity index (χ4n) is 1.66. The number of hydrogen-bond donors (Lipinski definition) is 1. The molecule has 2 aromatic carbocycles. The van der Waals surface area contributed by atoms with Crippen molar-refractivity contribution < 1.29 is 14.1 Å². The lowest BCUT2D eigenvalue weighted by molar-refractivity contribution is -0.384. The molecule has 7 heteroatoms. The predicted molar refractivity (Wildman–Crippen MR) is 82.2 cm³/mol. The first kappa shape index (κ1) is 15.7. The van der Waals surface area contributed by atoms with E-state index in [0.717, 1.165) is 0 Å². The highest BCUT2D eigenvalue weighted by molar-refractivity contribution is 6.32. The van der Waals surface area contributed by atoms with E-state index >= 15 is 0 Å². The number of amides is 1. The molecule has 1 amide bonds. The van der Waals surface area contributed by atoms with E-state index in [1.54, 1.807) is 0 Å². The summed E-state index contributed by atoms with van der Waals surface area (Å²) in [7, 11) is 0. The Labute approximate surface area is 130 Å². The highest BCUT2D eigenvalue weighted by Crippen LogP contribution is 2.27. The number of nitrogens with zero attached hydrogens (tertiary/aromatic N) is 1. The molecular weight excluding hydrogens is 311 g/mol. The van der Waals surface area contributed by atoms with Crippen LogP contribution in [0.5, 0.6) is 0 Å². The summed E-state index contributed by atoms with van der Waals surface area (Å²) >= 11 is 5.68. The Kier molecular flexibility index (Phi) is 4.85. The van der Waals surface area contributed by atoms with E-state index in [-0.39, 0.29) is 22.2 Å². The number of nitrogens with one attached hydrogen (secondary N) is 1. The van der Waals surface area contributed by atoms with Gasteiger partial charge in [-0.1, -0.05) is 23.7 Å². The van der Waals surface area contributed by atoms with Crippen LogP contribution in [0.1, 0.15) is 5.56 Å². The summed E-state index contributed by atoms with van der Waals surface area (Å²) in [6.45, 7) is 0. The predicted octanol–water partition coefficient (Wildman–Crippen LogP) is 4.04. The van der Waals surface area contributed by atoms with Crippen LogP contribution >= 0.6 is 11.6 Å². The quantitative estimate of drug-likeness (QED) is 0.525. The minimum atomic E-state index is -0.633. The van der Waals surface area contributed by atoms with Gasteiger partial charge in [-0.15, -0.1) is 0 Å². The second-order valence-corrected chi connectivity index (χ2v) is 4.70. The summed E-state index contributed by atoms with van der Waals surface area (Å²) in [4.78, 5) is 21.9. The molecule has 0 aliphatic heterocycles. The summed E-state index contributed by atoms with van der Waals surface area (Å²) in [6, 6.07) is 9.56. The average Bonchev–Trinajstić information content (AvgIpc) is 2.48. The van der Waals surface area contributed by atoms with Crippen molar-refractivity contribution in [2.24, 2.45) is 0 Å². The summed E-state index contributed by atoms with van der Waals surface area (Å²) in [5.41, 5.74) is 0.616. The fraction of sp³-hybridized carbons (Fsp3) is 0. The average molecular weight is 321 g/mol. The van der Waals surface area contributed by atoms with E-state index in [0.29, 0.717) is 5.56 Å². The van der Waals surface area contributed by atoms with Crippen molar-refractivity contribution in [1.82, 2.24) is 0 Å². The summed E-state index contributed by atoms with van der Waals surface area (Å²) in [5.74, 6) is -0.837. The van der Waals surface area contributed by atoms with Gasteiger partial charge in [-0.3, -0.25) is 14.9 Å². The molecule has 2 rings (SSSR count). The number of rotatable bonds is 4. The van der Waals surface area contributed by atoms with Crippen LogP contribution in [0.2, 0.25) is 5.02 Å². The van der Waals surface area contributed by atoms with E-state index in [1.165, 1.54) is 54.6 Å². The SMILES string of the molecule is O=C(/C=C/c1ccc(F)cc1)Nc1ccc(Cl)c([N+](=O)[O-])c1. The second kappa shape index (κ2) is 6.82. The molecule has 0 unspecified atom stereocenters. The Morgan fingerprint density at radius 2 is 1.91 bits per heavy atom. The van der Waals surface area contributed by atoms with Crippen LogP contribution in [0.3, 0.4) is 0 Å². The molecule has 0 aliphatic rings.